The molecule has 0 aliphatic carbocycles. The molecule has 0 spiro atoms. The van der Waals surface area contributed by atoms with Crippen LogP contribution in [0.5, 0.6) is 0 Å². The maximum Gasteiger partial charge on any atom is 0.255 e. The average Bonchev–Trinajstić information content (AvgIpc) is 3.13. The van der Waals surface area contributed by atoms with E-state index in [0.717, 1.165) is 44.0 Å². The zero-order valence-electron chi connectivity index (χ0n) is 16.7. The number of hydrogen-bond acceptors (Lipinski definition) is 6. The smallest absolute Gasteiger partial charge is 0.255 e. The molecule has 2 aliphatic rings. The number of carbonyl (C=O) groups is 1. The Kier molecular flexibility index (Phi) is 5.58. The fraction of sp³-hybridized carbons (Fsp3) is 0.550. The number of hydrogen-bond donors (Lipinski definition) is 0. The number of piperidine rings is 1. The first kappa shape index (κ1) is 19.9. The summed E-state index contributed by atoms with van der Waals surface area (Å²) in [6.45, 7) is 2.40. The molecule has 2 fully saturated rings. The van der Waals surface area contributed by atoms with Crippen molar-refractivity contribution < 1.29 is 13.2 Å². The normalized spacial score (nSPS) is 20.0. The van der Waals surface area contributed by atoms with Gasteiger partial charge in [-0.05, 0) is 30.9 Å². The lowest BCUT2D eigenvalue weighted by atomic mass is 9.93. The van der Waals surface area contributed by atoms with E-state index in [0.29, 0.717) is 11.5 Å². The van der Waals surface area contributed by atoms with Crippen molar-refractivity contribution in [2.75, 3.05) is 42.6 Å². The van der Waals surface area contributed by atoms with E-state index in [2.05, 4.69) is 19.4 Å². The summed E-state index contributed by atoms with van der Waals surface area (Å²) in [7, 11) is -0.963. The molecule has 0 N–H and O–H groups in total. The average molecular weight is 418 g/mol. The van der Waals surface area contributed by atoms with Crippen molar-refractivity contribution in [1.29, 1.82) is 0 Å². The molecule has 9 heteroatoms. The van der Waals surface area contributed by atoms with Crippen LogP contribution in [0.1, 0.15) is 29.0 Å². The molecule has 2 aromatic rings. The van der Waals surface area contributed by atoms with Crippen molar-refractivity contribution in [2.45, 2.75) is 19.3 Å². The molecule has 29 heavy (non-hydrogen) atoms. The highest BCUT2D eigenvalue weighted by molar-refractivity contribution is 7.91. The minimum Gasteiger partial charge on any atom is -0.357 e. The maximum absolute atomic E-state index is 12.6. The first-order valence-corrected chi connectivity index (χ1v) is 11.9. The summed E-state index contributed by atoms with van der Waals surface area (Å²) in [5, 5.41) is 0. The van der Waals surface area contributed by atoms with E-state index in [9.17, 15) is 13.2 Å². The van der Waals surface area contributed by atoms with Crippen LogP contribution in [0.25, 0.3) is 0 Å². The van der Waals surface area contributed by atoms with Crippen LogP contribution in [0.2, 0.25) is 0 Å². The summed E-state index contributed by atoms with van der Waals surface area (Å²) in [5.41, 5.74) is 0.512. The Bertz CT molecular complexity index is 948. The third-order valence-electron chi connectivity index (χ3n) is 5.96. The van der Waals surface area contributed by atoms with Gasteiger partial charge in [0.2, 0.25) is 0 Å². The second-order valence-corrected chi connectivity index (χ2v) is 10.2. The summed E-state index contributed by atoms with van der Waals surface area (Å²) in [6, 6.07) is 3.70. The Hall–Kier alpha value is -2.42. The van der Waals surface area contributed by atoms with Gasteiger partial charge < -0.3 is 14.4 Å². The molecule has 0 saturated carbocycles. The van der Waals surface area contributed by atoms with Gasteiger partial charge in [0.05, 0.1) is 17.1 Å². The fourth-order valence-corrected chi connectivity index (χ4v) is 5.22. The molecule has 0 bridgehead atoms. The molecule has 4 rings (SSSR count). The van der Waals surface area contributed by atoms with Crippen LogP contribution in [0.4, 0.5) is 5.82 Å². The number of anilines is 1. The number of aromatic nitrogens is 3. The molecule has 2 aliphatic heterocycles. The highest BCUT2D eigenvalue weighted by Crippen LogP contribution is 2.24. The first-order valence-electron chi connectivity index (χ1n) is 10.1. The molecular formula is C20H27N5O3S. The lowest BCUT2D eigenvalue weighted by Gasteiger charge is -2.33. The Morgan fingerprint density at radius 1 is 1.10 bits per heavy atom. The van der Waals surface area contributed by atoms with E-state index in [1.54, 1.807) is 17.2 Å². The third kappa shape index (κ3) is 4.60. The van der Waals surface area contributed by atoms with E-state index in [1.165, 1.54) is 0 Å². The van der Waals surface area contributed by atoms with Crippen LogP contribution >= 0.6 is 0 Å². The largest absolute Gasteiger partial charge is 0.357 e. The van der Waals surface area contributed by atoms with Gasteiger partial charge in [-0.2, -0.15) is 0 Å². The molecule has 0 radical (unpaired) electrons. The van der Waals surface area contributed by atoms with Gasteiger partial charge in [-0.1, -0.05) is 0 Å². The number of rotatable bonds is 4. The number of amides is 1. The van der Waals surface area contributed by atoms with E-state index in [-0.39, 0.29) is 30.5 Å². The van der Waals surface area contributed by atoms with E-state index in [1.807, 2.05) is 25.5 Å². The molecule has 156 valence electrons. The first-order chi connectivity index (χ1) is 13.9. The zero-order valence-corrected chi connectivity index (χ0v) is 17.5. The van der Waals surface area contributed by atoms with Gasteiger partial charge in [0, 0.05) is 58.2 Å². The van der Waals surface area contributed by atoms with Crippen LogP contribution in [0, 0.1) is 5.92 Å². The number of nitrogens with zero attached hydrogens (tertiary/aromatic N) is 5. The highest BCUT2D eigenvalue weighted by Gasteiger charge is 2.26. The van der Waals surface area contributed by atoms with Gasteiger partial charge in [0.1, 0.15) is 11.6 Å². The quantitative estimate of drug-likeness (QED) is 0.741. The monoisotopic (exact) mass is 417 g/mol. The Morgan fingerprint density at radius 3 is 2.41 bits per heavy atom. The van der Waals surface area contributed by atoms with Crippen molar-refractivity contribution in [2.24, 2.45) is 13.0 Å². The number of sulfone groups is 1. The van der Waals surface area contributed by atoms with Gasteiger partial charge in [0.25, 0.3) is 5.91 Å². The Morgan fingerprint density at radius 2 is 1.83 bits per heavy atom. The minimum absolute atomic E-state index is 0.0392. The zero-order chi connectivity index (χ0) is 20.4. The number of carbonyl (C=O) groups excluding carboxylic acids is 1. The summed E-state index contributed by atoms with van der Waals surface area (Å²) in [4.78, 5) is 25.4. The van der Waals surface area contributed by atoms with Crippen LogP contribution in [-0.4, -0.2) is 71.4 Å². The molecule has 0 unspecified atom stereocenters. The van der Waals surface area contributed by atoms with E-state index in [4.69, 9.17) is 0 Å². The topological polar surface area (TPSA) is 88.4 Å². The lowest BCUT2D eigenvalue weighted by Crippen LogP contribution is -2.43. The molecular weight excluding hydrogens is 390 g/mol. The van der Waals surface area contributed by atoms with E-state index < -0.39 is 9.84 Å². The predicted molar refractivity (Wildman–Crippen MR) is 111 cm³/mol. The number of aryl methyl sites for hydroxylation is 1. The third-order valence-corrected chi connectivity index (χ3v) is 7.57. The molecule has 2 saturated heterocycles. The second-order valence-electron chi connectivity index (χ2n) is 7.94. The predicted octanol–water partition coefficient (Wildman–Crippen LogP) is 1.14. The Labute approximate surface area is 171 Å². The SMILES string of the molecule is Cn1ccnc1CC1CCN(c2ccc(C(=O)N3CCS(=O)(=O)CC3)cn2)CC1. The summed E-state index contributed by atoms with van der Waals surface area (Å²) >= 11 is 0. The summed E-state index contributed by atoms with van der Waals surface area (Å²) in [5.74, 6) is 2.58. The summed E-state index contributed by atoms with van der Waals surface area (Å²) in [6.07, 6.45) is 8.64. The molecule has 4 heterocycles. The van der Waals surface area contributed by atoms with Gasteiger partial charge in [-0.25, -0.2) is 18.4 Å². The standard InChI is InChI=1S/C20H27N5O3S/c1-23-9-6-21-19(23)14-16-4-7-24(8-5-16)18-3-2-17(15-22-18)20(26)25-10-12-29(27,28)13-11-25/h2-3,6,9,15-16H,4-5,7-8,10-14H2,1H3. The molecule has 1 amide bonds. The van der Waals surface area contributed by atoms with Crippen molar-refractivity contribution >= 4 is 21.6 Å². The molecule has 0 aromatic carbocycles. The number of pyridine rings is 1. The van der Waals surface area contributed by atoms with Crippen LogP contribution in [0.3, 0.4) is 0 Å². The lowest BCUT2D eigenvalue weighted by molar-refractivity contribution is 0.0770. The van der Waals surface area contributed by atoms with Crippen molar-refractivity contribution in [3.8, 4) is 0 Å². The highest BCUT2D eigenvalue weighted by atomic mass is 32.2. The maximum atomic E-state index is 12.6. The van der Waals surface area contributed by atoms with E-state index >= 15 is 0 Å². The molecule has 2 aromatic heterocycles. The molecule has 8 nitrogen and oxygen atoms in total. The van der Waals surface area contributed by atoms with Gasteiger partial charge in [-0.3, -0.25) is 4.79 Å². The van der Waals surface area contributed by atoms with Crippen molar-refractivity contribution in [3.05, 3.63) is 42.1 Å². The second kappa shape index (κ2) is 8.14. The van der Waals surface area contributed by atoms with Gasteiger partial charge in [0.15, 0.2) is 9.84 Å². The number of imidazole rings is 1. The van der Waals surface area contributed by atoms with Gasteiger partial charge in [-0.15, -0.1) is 0 Å². The van der Waals surface area contributed by atoms with Crippen molar-refractivity contribution in [1.82, 2.24) is 19.4 Å². The summed E-state index contributed by atoms with van der Waals surface area (Å²) < 4.78 is 25.2. The van der Waals surface area contributed by atoms with Crippen molar-refractivity contribution in [3.63, 3.8) is 0 Å². The van der Waals surface area contributed by atoms with Crippen LogP contribution < -0.4 is 4.90 Å². The fourth-order valence-electron chi connectivity index (χ4n) is 4.02. The van der Waals surface area contributed by atoms with Crippen LogP contribution in [0.15, 0.2) is 30.7 Å². The Balaban J connectivity index is 1.32. The molecule has 0 atom stereocenters. The minimum atomic E-state index is -3.00. The van der Waals surface area contributed by atoms with Crippen LogP contribution in [-0.2, 0) is 23.3 Å². The van der Waals surface area contributed by atoms with Gasteiger partial charge >= 0.3 is 0 Å².